The molecule has 3 N–H and O–H groups in total. The van der Waals surface area contributed by atoms with Gasteiger partial charge in [0.1, 0.15) is 5.75 Å². The van der Waals surface area contributed by atoms with Gasteiger partial charge < -0.3 is 15.2 Å². The Labute approximate surface area is 139 Å². The Morgan fingerprint density at radius 3 is 2.58 bits per heavy atom. The zero-order chi connectivity index (χ0) is 17.7. The van der Waals surface area contributed by atoms with Gasteiger partial charge in [-0.1, -0.05) is 0 Å². The van der Waals surface area contributed by atoms with Crippen LogP contribution < -0.4 is 19.9 Å². The van der Waals surface area contributed by atoms with Crippen molar-refractivity contribution in [1.82, 2.24) is 9.71 Å². The van der Waals surface area contributed by atoms with Crippen LogP contribution in [0.1, 0.15) is 15.9 Å². The molecule has 0 bridgehead atoms. The fourth-order valence-electron chi connectivity index (χ4n) is 1.98. The summed E-state index contributed by atoms with van der Waals surface area (Å²) >= 11 is 0. The normalized spacial score (nSPS) is 11.1. The molecular weight excluding hydrogens is 334 g/mol. The van der Waals surface area contributed by atoms with E-state index in [1.54, 1.807) is 12.1 Å². The number of benzene rings is 1. The Kier molecular flexibility index (Phi) is 5.37. The average molecular weight is 351 g/mol. The van der Waals surface area contributed by atoms with Crippen LogP contribution in [0.15, 0.2) is 41.4 Å². The number of hydrogen-bond acceptors (Lipinski definition) is 6. The molecule has 1 amide bonds. The van der Waals surface area contributed by atoms with Gasteiger partial charge in [-0.25, -0.2) is 18.1 Å². The predicted molar refractivity (Wildman–Crippen MR) is 86.3 cm³/mol. The topological polar surface area (TPSA) is 121 Å². The largest absolute Gasteiger partial charge is 0.496 e. The van der Waals surface area contributed by atoms with Crippen LogP contribution in [0.4, 0.5) is 0 Å². The highest BCUT2D eigenvalue weighted by Gasteiger charge is 2.18. The zero-order valence-electron chi connectivity index (χ0n) is 13.1. The van der Waals surface area contributed by atoms with E-state index in [4.69, 9.17) is 15.2 Å². The first-order valence-electron chi connectivity index (χ1n) is 6.84. The van der Waals surface area contributed by atoms with Gasteiger partial charge in [-0.3, -0.25) is 4.79 Å². The predicted octanol–water partition coefficient (Wildman–Crippen LogP) is 0.676. The Morgan fingerprint density at radius 1 is 1.21 bits per heavy atom. The molecule has 0 fully saturated rings. The lowest BCUT2D eigenvalue weighted by Crippen LogP contribution is -2.24. The van der Waals surface area contributed by atoms with Crippen LogP contribution in [-0.4, -0.2) is 33.5 Å². The fourth-order valence-corrected chi connectivity index (χ4v) is 3.02. The molecule has 0 saturated heterocycles. The molecule has 0 radical (unpaired) electrons. The highest BCUT2D eigenvalue weighted by atomic mass is 32.2. The summed E-state index contributed by atoms with van der Waals surface area (Å²) in [5, 5.41) is 0. The molecular formula is C15H17N3O5S. The smallest absolute Gasteiger partial charge is 0.252 e. The number of nitrogens with zero attached hydrogens (tertiary/aromatic N) is 1. The summed E-state index contributed by atoms with van der Waals surface area (Å²) in [7, 11) is -0.996. The minimum Gasteiger partial charge on any atom is -0.496 e. The third-order valence-corrected chi connectivity index (χ3v) is 4.62. The van der Waals surface area contributed by atoms with Crippen molar-refractivity contribution < 1.29 is 22.7 Å². The number of ether oxygens (including phenoxy) is 2. The summed E-state index contributed by atoms with van der Waals surface area (Å²) in [6.07, 6.45) is 1.51. The van der Waals surface area contributed by atoms with Gasteiger partial charge in [0, 0.05) is 18.8 Å². The van der Waals surface area contributed by atoms with Crippen LogP contribution in [0, 0.1) is 0 Å². The summed E-state index contributed by atoms with van der Waals surface area (Å²) in [5.74, 6) is -0.185. The number of rotatable bonds is 7. The summed E-state index contributed by atoms with van der Waals surface area (Å²) in [6, 6.07) is 7.17. The number of primary amides is 1. The van der Waals surface area contributed by atoms with Crippen molar-refractivity contribution in [2.24, 2.45) is 5.73 Å². The molecule has 0 aliphatic carbocycles. The van der Waals surface area contributed by atoms with Crippen molar-refractivity contribution in [1.29, 1.82) is 0 Å². The highest BCUT2D eigenvalue weighted by Crippen LogP contribution is 2.22. The second-order valence-corrected chi connectivity index (χ2v) is 6.52. The Morgan fingerprint density at radius 2 is 1.96 bits per heavy atom. The molecule has 1 aromatic heterocycles. The number of sulfonamides is 1. The second-order valence-electron chi connectivity index (χ2n) is 4.76. The molecule has 0 aliphatic heterocycles. The first kappa shape index (κ1) is 17.7. The molecule has 0 aliphatic rings. The lowest BCUT2D eigenvalue weighted by molar-refractivity contribution is 0.0997. The minimum atomic E-state index is -3.83. The lowest BCUT2D eigenvalue weighted by Gasteiger charge is -2.10. The number of aromatic nitrogens is 1. The molecule has 0 atom stereocenters. The maximum absolute atomic E-state index is 12.4. The van der Waals surface area contributed by atoms with E-state index >= 15 is 0 Å². The van der Waals surface area contributed by atoms with E-state index < -0.39 is 15.9 Å². The van der Waals surface area contributed by atoms with Gasteiger partial charge in [0.15, 0.2) is 0 Å². The number of nitrogens with one attached hydrogen (secondary N) is 1. The van der Waals surface area contributed by atoms with Crippen molar-refractivity contribution in [3.8, 4) is 11.6 Å². The van der Waals surface area contributed by atoms with Gasteiger partial charge in [-0.05, 0) is 29.8 Å². The molecule has 0 saturated carbocycles. The number of hydrogen-bond donors (Lipinski definition) is 2. The van der Waals surface area contributed by atoms with Gasteiger partial charge in [0.2, 0.25) is 15.9 Å². The zero-order valence-corrected chi connectivity index (χ0v) is 14.0. The average Bonchev–Trinajstić information content (AvgIpc) is 2.59. The molecule has 9 heteroatoms. The molecule has 2 aromatic rings. The Bertz CT molecular complexity index is 852. The van der Waals surface area contributed by atoms with Crippen molar-refractivity contribution in [3.63, 3.8) is 0 Å². The van der Waals surface area contributed by atoms with Crippen LogP contribution in [-0.2, 0) is 16.6 Å². The van der Waals surface area contributed by atoms with E-state index in [-0.39, 0.29) is 22.8 Å². The first-order valence-corrected chi connectivity index (χ1v) is 8.32. The van der Waals surface area contributed by atoms with E-state index in [2.05, 4.69) is 9.71 Å². The molecule has 2 rings (SSSR count). The van der Waals surface area contributed by atoms with Crippen LogP contribution >= 0.6 is 0 Å². The number of methoxy groups -OCH3 is 2. The van der Waals surface area contributed by atoms with Gasteiger partial charge >= 0.3 is 0 Å². The van der Waals surface area contributed by atoms with E-state index in [0.29, 0.717) is 11.4 Å². The minimum absolute atomic E-state index is 0.00837. The van der Waals surface area contributed by atoms with Crippen LogP contribution in [0.25, 0.3) is 0 Å². The molecule has 1 aromatic carbocycles. The monoisotopic (exact) mass is 351 g/mol. The van der Waals surface area contributed by atoms with Crippen LogP contribution in [0.3, 0.4) is 0 Å². The van der Waals surface area contributed by atoms with Gasteiger partial charge in [0.25, 0.3) is 5.91 Å². The molecule has 128 valence electrons. The van der Waals surface area contributed by atoms with E-state index in [1.807, 2.05) is 0 Å². The van der Waals surface area contributed by atoms with Gasteiger partial charge in [-0.15, -0.1) is 0 Å². The number of amides is 1. The first-order chi connectivity index (χ1) is 11.4. The van der Waals surface area contributed by atoms with Crippen molar-refractivity contribution in [2.75, 3.05) is 14.2 Å². The standard InChI is InChI=1S/C15H17N3O5S/c1-22-13-4-3-11(8-12(13)15(16)19)24(20,21)18-9-10-5-6-17-14(7-10)23-2/h3-8,18H,9H2,1-2H3,(H2,16,19). The quantitative estimate of drug-likeness (QED) is 0.756. The van der Waals surface area contributed by atoms with E-state index in [9.17, 15) is 13.2 Å². The van der Waals surface area contributed by atoms with Crippen LogP contribution in [0.2, 0.25) is 0 Å². The molecule has 0 spiro atoms. The summed E-state index contributed by atoms with van der Waals surface area (Å²) in [5.41, 5.74) is 5.91. The highest BCUT2D eigenvalue weighted by molar-refractivity contribution is 7.89. The molecule has 1 heterocycles. The third kappa shape index (κ3) is 4.00. The number of carbonyl (C=O) groups is 1. The lowest BCUT2D eigenvalue weighted by atomic mass is 10.2. The van der Waals surface area contributed by atoms with Gasteiger partial charge in [0.05, 0.1) is 24.7 Å². The maximum Gasteiger partial charge on any atom is 0.252 e. The Balaban J connectivity index is 2.24. The number of pyridine rings is 1. The Hall–Kier alpha value is -2.65. The van der Waals surface area contributed by atoms with Gasteiger partial charge in [-0.2, -0.15) is 0 Å². The fraction of sp³-hybridized carbons (Fsp3) is 0.200. The summed E-state index contributed by atoms with van der Waals surface area (Å²) in [6.45, 7) is 0.0408. The van der Waals surface area contributed by atoms with E-state index in [1.165, 1.54) is 38.6 Å². The molecule has 8 nitrogen and oxygen atoms in total. The molecule has 24 heavy (non-hydrogen) atoms. The van der Waals surface area contributed by atoms with Crippen molar-refractivity contribution in [3.05, 3.63) is 47.7 Å². The van der Waals surface area contributed by atoms with Crippen molar-refractivity contribution >= 4 is 15.9 Å². The van der Waals surface area contributed by atoms with Crippen molar-refractivity contribution in [2.45, 2.75) is 11.4 Å². The summed E-state index contributed by atoms with van der Waals surface area (Å²) < 4.78 is 37.2. The number of carbonyl (C=O) groups excluding carboxylic acids is 1. The second kappa shape index (κ2) is 7.28. The maximum atomic E-state index is 12.4. The van der Waals surface area contributed by atoms with E-state index in [0.717, 1.165) is 0 Å². The number of nitrogens with two attached hydrogens (primary N) is 1. The summed E-state index contributed by atoms with van der Waals surface area (Å²) in [4.78, 5) is 15.3. The molecule has 0 unspecified atom stereocenters. The SMILES string of the molecule is COc1cc(CNS(=O)(=O)c2ccc(OC)c(C(N)=O)c2)ccn1. The van der Waals surface area contributed by atoms with Crippen LogP contribution in [0.5, 0.6) is 11.6 Å². The third-order valence-electron chi connectivity index (χ3n) is 3.22.